The van der Waals surface area contributed by atoms with E-state index in [1.54, 1.807) is 0 Å². The Morgan fingerprint density at radius 2 is 0.689 bits per heavy atom. The van der Waals surface area contributed by atoms with Gasteiger partial charge >= 0.3 is 17.9 Å². The van der Waals surface area contributed by atoms with Crippen molar-refractivity contribution in [2.24, 2.45) is 0 Å². The van der Waals surface area contributed by atoms with E-state index in [1.807, 2.05) is 30.3 Å². The van der Waals surface area contributed by atoms with Crippen LogP contribution >= 0.6 is 0 Å². The van der Waals surface area contributed by atoms with E-state index in [-0.39, 0.29) is 82.3 Å². The largest absolute Gasteiger partial charge is 0.462 e. The fourth-order valence-electron chi connectivity index (χ4n) is 14.0. The molecule has 103 heavy (non-hydrogen) atoms. The number of unbranched alkanes of at least 4 members (excludes halogenated alkanes) is 42. The molecule has 1 fully saturated rings. The number of hydrogen-bond donors (Lipinski definition) is 4. The van der Waals surface area contributed by atoms with Gasteiger partial charge in [0.1, 0.15) is 36.6 Å². The Bertz CT molecular complexity index is 2170. The number of benzene rings is 1. The number of carbonyl (C=O) groups excluding carboxylic acids is 6. The van der Waals surface area contributed by atoms with Gasteiger partial charge in [-0.25, -0.2) is 0 Å². The third-order valence-electron chi connectivity index (χ3n) is 20.5. The van der Waals surface area contributed by atoms with Crippen LogP contribution in [0.3, 0.4) is 0 Å². The molecular formula is C87H157N3O13. The number of rotatable bonds is 73. The molecule has 0 bridgehead atoms. The summed E-state index contributed by atoms with van der Waals surface area (Å²) in [6, 6.07) is 7.24. The Morgan fingerprint density at radius 1 is 0.388 bits per heavy atom. The summed E-state index contributed by atoms with van der Waals surface area (Å²) in [5.41, 5.74) is 0.907. The molecule has 3 amide bonds. The minimum absolute atomic E-state index is 0.00208. The number of aliphatic hydroxyl groups excluding tert-OH is 1. The highest BCUT2D eigenvalue weighted by molar-refractivity contribution is 5.80. The van der Waals surface area contributed by atoms with Gasteiger partial charge in [-0.3, -0.25) is 28.8 Å². The third-order valence-corrected chi connectivity index (χ3v) is 20.5. The summed E-state index contributed by atoms with van der Waals surface area (Å²) in [6.07, 6.45) is 49.0. The summed E-state index contributed by atoms with van der Waals surface area (Å²) in [5.74, 6) is -2.19. The number of nitrogens with one attached hydrogen (secondary N) is 3. The molecule has 0 aromatic heterocycles. The molecule has 0 saturated carbocycles. The summed E-state index contributed by atoms with van der Waals surface area (Å²) >= 11 is 0. The first kappa shape index (κ1) is 95.0. The topological polar surface area (TPSA) is 214 Å². The van der Waals surface area contributed by atoms with Crippen LogP contribution in [-0.4, -0.2) is 109 Å². The quantitative estimate of drug-likeness (QED) is 0.0272. The maximum atomic E-state index is 14.9. The lowest BCUT2D eigenvalue weighted by molar-refractivity contribution is -0.252. The molecule has 1 heterocycles. The van der Waals surface area contributed by atoms with E-state index in [9.17, 15) is 33.9 Å². The van der Waals surface area contributed by atoms with Crippen LogP contribution in [0.2, 0.25) is 0 Å². The van der Waals surface area contributed by atoms with E-state index in [4.69, 9.17) is 28.4 Å². The average Bonchev–Trinajstić information content (AvgIpc) is 0.793. The van der Waals surface area contributed by atoms with Crippen LogP contribution in [0.4, 0.5) is 0 Å². The molecule has 0 radical (unpaired) electrons. The Morgan fingerprint density at radius 3 is 1.03 bits per heavy atom. The van der Waals surface area contributed by atoms with Gasteiger partial charge in [-0.15, -0.1) is 0 Å². The van der Waals surface area contributed by atoms with Gasteiger partial charge in [0.25, 0.3) is 0 Å². The number of aliphatic hydroxyl groups is 1. The minimum atomic E-state index is -1.44. The normalized spacial score (nSPS) is 16.8. The molecule has 1 aliphatic heterocycles. The smallest absolute Gasteiger partial charge is 0.306 e. The summed E-state index contributed by atoms with van der Waals surface area (Å²) in [7, 11) is 0. The third kappa shape index (κ3) is 54.2. The monoisotopic (exact) mass is 1450 g/mol. The number of esters is 3. The molecule has 16 heteroatoms. The molecule has 0 spiro atoms. The fraction of sp³-hybridized carbons (Fsp3) is 0.862. The maximum absolute atomic E-state index is 14.9. The fourth-order valence-corrected chi connectivity index (χ4v) is 14.0. The molecule has 16 nitrogen and oxygen atoms in total. The van der Waals surface area contributed by atoms with Crippen molar-refractivity contribution in [2.75, 3.05) is 19.8 Å². The highest BCUT2D eigenvalue weighted by Crippen LogP contribution is 2.27. The van der Waals surface area contributed by atoms with Crippen molar-refractivity contribution >= 4 is 35.6 Å². The first-order chi connectivity index (χ1) is 50.4. The number of hydrogen-bond acceptors (Lipinski definition) is 13. The van der Waals surface area contributed by atoms with Crippen molar-refractivity contribution in [2.45, 2.75) is 463 Å². The van der Waals surface area contributed by atoms with Crippen molar-refractivity contribution in [1.29, 1.82) is 0 Å². The Labute approximate surface area is 629 Å². The summed E-state index contributed by atoms with van der Waals surface area (Å²) in [4.78, 5) is 84.3. The molecule has 0 aliphatic carbocycles. The highest BCUT2D eigenvalue weighted by Gasteiger charge is 2.48. The van der Waals surface area contributed by atoms with E-state index >= 15 is 0 Å². The van der Waals surface area contributed by atoms with E-state index in [1.165, 1.54) is 161 Å². The summed E-state index contributed by atoms with van der Waals surface area (Å²) in [5, 5.41) is 21.8. The van der Waals surface area contributed by atoms with Crippen LogP contribution in [-0.2, 0) is 63.8 Å². The SMILES string of the molecule is CCCCCCCCCCC[C@H](CC(=O)NCCO[C@@H]1O[C@H](COCc2ccccc2)[C@@H](O)[C@@H](NC(=O)C[C@@H](CCCCCCCCCCC)OC(=O)CCCCCCCCC)[C@H]1NC(=O)C[C@@H](CCCCCCCCCCC)OC(=O)CCCCCCCCC)OC(=O)CCCCCCCCC. The molecule has 1 aromatic rings. The molecule has 8 atom stereocenters. The second-order valence-electron chi connectivity index (χ2n) is 30.4. The van der Waals surface area contributed by atoms with Crippen LogP contribution < -0.4 is 16.0 Å². The zero-order valence-electron chi connectivity index (χ0n) is 67.0. The standard InChI is InChI=1S/C87H157N3O13/c1-7-13-19-25-31-34-40-43-52-60-74(100-81(94)63-55-46-37-28-22-16-10-4)68-78(91)88-66-67-99-87-85(90-80(93)70-76(62-54-45-42-36-33-27-21-15-9-3)102-83(96)65-57-48-39-30-24-18-12-6)84(86(97)77(103-87)72-98-71-73-58-50-49-51-59-73)89-79(92)69-75(61-53-44-41-35-32-26-20-14-8-2)101-82(95)64-56-47-38-29-23-17-11-5/h49-51,58-59,74-77,84-87,97H,7-48,52-57,60-72H2,1-6H3,(H,88,91)(H,89,92)(H,90,93)/t74-,75-,76-,77-,84+,85-,86-,87-/m1/s1. The van der Waals surface area contributed by atoms with Crippen molar-refractivity contribution in [3.05, 3.63) is 35.9 Å². The lowest BCUT2D eigenvalue weighted by atomic mass is 9.93. The van der Waals surface area contributed by atoms with Crippen molar-refractivity contribution < 1.29 is 62.3 Å². The van der Waals surface area contributed by atoms with Gasteiger partial charge in [-0.2, -0.15) is 0 Å². The molecule has 0 unspecified atom stereocenters. The first-order valence-corrected chi connectivity index (χ1v) is 43.4. The molecule has 1 aliphatic rings. The van der Waals surface area contributed by atoms with Gasteiger partial charge in [0.05, 0.1) is 45.1 Å². The predicted octanol–water partition coefficient (Wildman–Crippen LogP) is 21.5. The van der Waals surface area contributed by atoms with Gasteiger partial charge < -0.3 is 49.5 Å². The zero-order valence-corrected chi connectivity index (χ0v) is 67.0. The lowest BCUT2D eigenvalue weighted by Crippen LogP contribution is -2.70. The van der Waals surface area contributed by atoms with Crippen LogP contribution in [0.5, 0.6) is 0 Å². The Hall–Kier alpha value is -4.12. The van der Waals surface area contributed by atoms with Crippen molar-refractivity contribution in [3.8, 4) is 0 Å². The van der Waals surface area contributed by atoms with Crippen LogP contribution in [0.15, 0.2) is 30.3 Å². The van der Waals surface area contributed by atoms with Gasteiger partial charge in [-0.1, -0.05) is 342 Å². The second kappa shape index (κ2) is 68.4. The molecule has 598 valence electrons. The van der Waals surface area contributed by atoms with Crippen LogP contribution in [0.25, 0.3) is 0 Å². The molecule has 1 saturated heterocycles. The number of ether oxygens (including phenoxy) is 6. The zero-order chi connectivity index (χ0) is 74.7. The first-order valence-electron chi connectivity index (χ1n) is 43.4. The van der Waals surface area contributed by atoms with E-state index < -0.39 is 60.7 Å². The van der Waals surface area contributed by atoms with Crippen molar-refractivity contribution in [1.82, 2.24) is 16.0 Å². The second-order valence-corrected chi connectivity index (χ2v) is 30.4. The Balaban J connectivity index is 2.55. The molecular weight excluding hydrogens is 1290 g/mol. The number of amides is 3. The average molecular weight is 1450 g/mol. The minimum Gasteiger partial charge on any atom is -0.462 e. The van der Waals surface area contributed by atoms with Gasteiger partial charge in [0.2, 0.25) is 17.7 Å². The van der Waals surface area contributed by atoms with Gasteiger partial charge in [-0.05, 0) is 63.4 Å². The molecule has 4 N–H and O–H groups in total. The summed E-state index contributed by atoms with van der Waals surface area (Å²) < 4.78 is 37.9. The van der Waals surface area contributed by atoms with Crippen molar-refractivity contribution in [3.63, 3.8) is 0 Å². The van der Waals surface area contributed by atoms with Gasteiger partial charge in [0, 0.05) is 25.8 Å². The predicted molar refractivity (Wildman–Crippen MR) is 420 cm³/mol. The van der Waals surface area contributed by atoms with Gasteiger partial charge in [0.15, 0.2) is 6.29 Å². The van der Waals surface area contributed by atoms with Crippen LogP contribution in [0, 0.1) is 0 Å². The lowest BCUT2D eigenvalue weighted by Gasteiger charge is -2.45. The highest BCUT2D eigenvalue weighted by atomic mass is 16.7. The van der Waals surface area contributed by atoms with E-state index in [0.29, 0.717) is 38.5 Å². The Kier molecular flexibility index (Phi) is 63.1. The summed E-state index contributed by atoms with van der Waals surface area (Å²) in [6.45, 7) is 13.3. The molecule has 1 aromatic carbocycles. The number of carbonyl (C=O) groups is 6. The van der Waals surface area contributed by atoms with Crippen LogP contribution in [0.1, 0.15) is 413 Å². The molecule has 2 rings (SSSR count). The van der Waals surface area contributed by atoms with E-state index in [2.05, 4.69) is 57.5 Å². The van der Waals surface area contributed by atoms with E-state index in [0.717, 1.165) is 140 Å². The maximum Gasteiger partial charge on any atom is 0.306 e.